The van der Waals surface area contributed by atoms with Crippen LogP contribution >= 0.6 is 12.2 Å². The third kappa shape index (κ3) is 4.19. The molecule has 0 bridgehead atoms. The fraction of sp³-hybridized carbons (Fsp3) is 0.923. The Balaban J connectivity index is 1.64. The van der Waals surface area contributed by atoms with Crippen molar-refractivity contribution < 1.29 is 0 Å². The van der Waals surface area contributed by atoms with Crippen LogP contribution in [-0.4, -0.2) is 53.6 Å². The van der Waals surface area contributed by atoms with Crippen molar-refractivity contribution in [1.82, 2.24) is 9.80 Å². The number of piperazine rings is 1. The molecule has 98 valence electrons. The first-order chi connectivity index (χ1) is 8.25. The third-order valence-electron chi connectivity index (χ3n) is 4.07. The van der Waals surface area contributed by atoms with E-state index < -0.39 is 0 Å². The highest BCUT2D eigenvalue weighted by Crippen LogP contribution is 2.21. The standard InChI is InChI=1S/C13H25N3S/c14-13(17)6-2-3-7-15-9-10-16-8-4-1-5-12(16)11-15/h12H,1-11H2,(H2,14,17). The minimum atomic E-state index is 0.669. The molecule has 2 aliphatic heterocycles. The fourth-order valence-electron chi connectivity index (χ4n) is 3.06. The fourth-order valence-corrected chi connectivity index (χ4v) is 3.20. The van der Waals surface area contributed by atoms with Gasteiger partial charge in [0.15, 0.2) is 0 Å². The summed E-state index contributed by atoms with van der Waals surface area (Å²) in [5.41, 5.74) is 5.51. The molecule has 0 aromatic rings. The molecule has 17 heavy (non-hydrogen) atoms. The lowest BCUT2D eigenvalue weighted by Crippen LogP contribution is -2.54. The summed E-state index contributed by atoms with van der Waals surface area (Å²) in [5.74, 6) is 0. The Morgan fingerprint density at radius 3 is 2.88 bits per heavy atom. The minimum absolute atomic E-state index is 0.669. The monoisotopic (exact) mass is 255 g/mol. The van der Waals surface area contributed by atoms with E-state index in [1.165, 1.54) is 58.4 Å². The average molecular weight is 255 g/mol. The summed E-state index contributed by atoms with van der Waals surface area (Å²) in [5, 5.41) is 0. The largest absolute Gasteiger partial charge is 0.393 e. The Hall–Kier alpha value is -0.190. The Bertz CT molecular complexity index is 257. The van der Waals surface area contributed by atoms with E-state index in [4.69, 9.17) is 18.0 Å². The Labute approximate surface area is 110 Å². The summed E-state index contributed by atoms with van der Waals surface area (Å²) < 4.78 is 0. The van der Waals surface area contributed by atoms with Gasteiger partial charge in [-0.15, -0.1) is 0 Å². The second-order valence-corrected chi connectivity index (χ2v) is 5.93. The number of nitrogens with zero attached hydrogens (tertiary/aromatic N) is 2. The average Bonchev–Trinajstić information content (AvgIpc) is 2.34. The second-order valence-electron chi connectivity index (χ2n) is 5.41. The maximum absolute atomic E-state index is 5.51. The van der Waals surface area contributed by atoms with Gasteiger partial charge in [0.2, 0.25) is 0 Å². The third-order valence-corrected chi connectivity index (χ3v) is 4.27. The molecule has 2 saturated heterocycles. The molecule has 2 heterocycles. The van der Waals surface area contributed by atoms with Crippen LogP contribution in [0.1, 0.15) is 38.5 Å². The predicted molar refractivity (Wildman–Crippen MR) is 76.3 cm³/mol. The van der Waals surface area contributed by atoms with Gasteiger partial charge in [0.25, 0.3) is 0 Å². The van der Waals surface area contributed by atoms with E-state index in [1.54, 1.807) is 0 Å². The Morgan fingerprint density at radius 2 is 2.06 bits per heavy atom. The Kier molecular flexibility index (Phi) is 5.19. The van der Waals surface area contributed by atoms with E-state index in [0.29, 0.717) is 4.99 Å². The maximum atomic E-state index is 5.51. The number of thiocarbonyl (C=S) groups is 1. The number of hydrogen-bond donors (Lipinski definition) is 1. The number of fused-ring (bicyclic) bond motifs is 1. The summed E-state index contributed by atoms with van der Waals surface area (Å²) in [6.45, 7) is 6.38. The van der Waals surface area contributed by atoms with Gasteiger partial charge in [-0.2, -0.15) is 0 Å². The van der Waals surface area contributed by atoms with Gasteiger partial charge in [0, 0.05) is 25.7 Å². The van der Waals surface area contributed by atoms with Crippen LogP contribution in [0.15, 0.2) is 0 Å². The Morgan fingerprint density at radius 1 is 1.18 bits per heavy atom. The van der Waals surface area contributed by atoms with Gasteiger partial charge in [-0.05, 0) is 45.2 Å². The van der Waals surface area contributed by atoms with Crippen LogP contribution in [0.5, 0.6) is 0 Å². The van der Waals surface area contributed by atoms with Crippen molar-refractivity contribution >= 4 is 17.2 Å². The summed E-state index contributed by atoms with van der Waals surface area (Å²) >= 11 is 4.90. The first kappa shape index (κ1) is 13.2. The molecule has 2 N–H and O–H groups in total. The van der Waals surface area contributed by atoms with Crippen molar-refractivity contribution in [2.75, 3.05) is 32.7 Å². The molecule has 0 spiro atoms. The topological polar surface area (TPSA) is 32.5 Å². The molecule has 0 amide bonds. The molecule has 4 heteroatoms. The van der Waals surface area contributed by atoms with E-state index in [9.17, 15) is 0 Å². The quantitative estimate of drug-likeness (QED) is 0.598. The summed E-state index contributed by atoms with van der Waals surface area (Å²) in [4.78, 5) is 5.99. The molecular weight excluding hydrogens is 230 g/mol. The lowest BCUT2D eigenvalue weighted by molar-refractivity contribution is 0.0488. The molecule has 2 rings (SSSR count). The van der Waals surface area contributed by atoms with Crippen LogP contribution in [0, 0.1) is 0 Å². The highest BCUT2D eigenvalue weighted by Gasteiger charge is 2.28. The van der Waals surface area contributed by atoms with Crippen molar-refractivity contribution in [2.24, 2.45) is 5.73 Å². The normalized spacial score (nSPS) is 26.7. The van der Waals surface area contributed by atoms with Crippen LogP contribution in [0.4, 0.5) is 0 Å². The van der Waals surface area contributed by atoms with Crippen LogP contribution in [0.2, 0.25) is 0 Å². The number of rotatable bonds is 5. The van der Waals surface area contributed by atoms with Gasteiger partial charge in [-0.3, -0.25) is 4.90 Å². The van der Waals surface area contributed by atoms with Crippen molar-refractivity contribution in [3.05, 3.63) is 0 Å². The molecule has 3 nitrogen and oxygen atoms in total. The maximum Gasteiger partial charge on any atom is 0.0727 e. The van der Waals surface area contributed by atoms with E-state index in [2.05, 4.69) is 9.80 Å². The van der Waals surface area contributed by atoms with Crippen molar-refractivity contribution in [2.45, 2.75) is 44.6 Å². The van der Waals surface area contributed by atoms with Gasteiger partial charge in [-0.25, -0.2) is 0 Å². The smallest absolute Gasteiger partial charge is 0.0727 e. The van der Waals surface area contributed by atoms with E-state index in [0.717, 1.165) is 18.9 Å². The number of nitrogens with two attached hydrogens (primary N) is 1. The molecule has 1 atom stereocenters. The van der Waals surface area contributed by atoms with Gasteiger partial charge in [0.05, 0.1) is 4.99 Å². The molecule has 1 unspecified atom stereocenters. The number of hydrogen-bond acceptors (Lipinski definition) is 3. The zero-order chi connectivity index (χ0) is 12.1. The van der Waals surface area contributed by atoms with Gasteiger partial charge >= 0.3 is 0 Å². The minimum Gasteiger partial charge on any atom is -0.393 e. The molecule has 0 aromatic carbocycles. The van der Waals surface area contributed by atoms with Gasteiger partial charge in [-0.1, -0.05) is 18.6 Å². The molecule has 0 aliphatic carbocycles. The SMILES string of the molecule is NC(=S)CCCCN1CCN2CCCCC2C1. The highest BCUT2D eigenvalue weighted by molar-refractivity contribution is 7.80. The van der Waals surface area contributed by atoms with Gasteiger partial charge < -0.3 is 10.6 Å². The van der Waals surface area contributed by atoms with Crippen LogP contribution < -0.4 is 5.73 Å². The van der Waals surface area contributed by atoms with E-state index in [-0.39, 0.29) is 0 Å². The van der Waals surface area contributed by atoms with Crippen LogP contribution in [0.3, 0.4) is 0 Å². The van der Waals surface area contributed by atoms with Crippen molar-refractivity contribution in [3.8, 4) is 0 Å². The van der Waals surface area contributed by atoms with E-state index in [1.807, 2.05) is 0 Å². The second kappa shape index (κ2) is 6.66. The molecular formula is C13H25N3S. The van der Waals surface area contributed by atoms with Crippen molar-refractivity contribution in [3.63, 3.8) is 0 Å². The first-order valence-electron chi connectivity index (χ1n) is 7.00. The predicted octanol–water partition coefficient (Wildman–Crippen LogP) is 1.61. The summed E-state index contributed by atoms with van der Waals surface area (Å²) in [6, 6.07) is 0.841. The summed E-state index contributed by atoms with van der Waals surface area (Å²) in [7, 11) is 0. The molecule has 0 aromatic heterocycles. The van der Waals surface area contributed by atoms with E-state index >= 15 is 0 Å². The summed E-state index contributed by atoms with van der Waals surface area (Å²) in [6.07, 6.45) is 7.55. The van der Waals surface area contributed by atoms with Crippen LogP contribution in [-0.2, 0) is 0 Å². The first-order valence-corrected chi connectivity index (χ1v) is 7.41. The molecule has 2 fully saturated rings. The lowest BCUT2D eigenvalue weighted by atomic mass is 9.99. The molecule has 0 saturated carbocycles. The van der Waals surface area contributed by atoms with Crippen LogP contribution in [0.25, 0.3) is 0 Å². The van der Waals surface area contributed by atoms with Crippen molar-refractivity contribution in [1.29, 1.82) is 0 Å². The van der Waals surface area contributed by atoms with Gasteiger partial charge in [0.1, 0.15) is 0 Å². The number of piperidine rings is 1. The zero-order valence-electron chi connectivity index (χ0n) is 10.7. The highest BCUT2D eigenvalue weighted by atomic mass is 32.1. The molecule has 0 radical (unpaired) electrons. The zero-order valence-corrected chi connectivity index (χ0v) is 11.6. The lowest BCUT2D eigenvalue weighted by Gasteiger charge is -2.44. The number of unbranched alkanes of at least 4 members (excludes halogenated alkanes) is 1. The molecule has 2 aliphatic rings.